The first-order valence-electron chi connectivity index (χ1n) is 9.38. The smallest absolute Gasteiger partial charge is 0.387 e. The van der Waals surface area contributed by atoms with Crippen molar-refractivity contribution in [2.45, 2.75) is 39.0 Å². The van der Waals surface area contributed by atoms with Crippen LogP contribution in [0.25, 0.3) is 0 Å². The van der Waals surface area contributed by atoms with Crippen LogP contribution in [0.15, 0.2) is 30.4 Å². The van der Waals surface area contributed by atoms with Gasteiger partial charge in [0.25, 0.3) is 0 Å². The van der Waals surface area contributed by atoms with Crippen molar-refractivity contribution in [2.24, 2.45) is 11.8 Å². The van der Waals surface area contributed by atoms with E-state index in [1.54, 1.807) is 0 Å². The molecule has 0 N–H and O–H groups in total. The summed E-state index contributed by atoms with van der Waals surface area (Å²) in [6, 6.07) is 3.69. The van der Waals surface area contributed by atoms with Crippen LogP contribution in [0, 0.1) is 17.7 Å². The van der Waals surface area contributed by atoms with Crippen LogP contribution >= 0.6 is 0 Å². The largest absolute Gasteiger partial charge is 0.432 e. The van der Waals surface area contributed by atoms with Gasteiger partial charge in [-0.1, -0.05) is 18.2 Å². The molecule has 28 heavy (non-hydrogen) atoms. The van der Waals surface area contributed by atoms with Gasteiger partial charge in [-0.2, -0.15) is 8.78 Å². The second kappa shape index (κ2) is 10.2. The Morgan fingerprint density at radius 2 is 1.79 bits per heavy atom. The summed E-state index contributed by atoms with van der Waals surface area (Å²) in [5.41, 5.74) is 0.423. The Labute approximate surface area is 162 Å². The molecule has 0 saturated carbocycles. The van der Waals surface area contributed by atoms with E-state index in [0.29, 0.717) is 37.9 Å². The fourth-order valence-corrected chi connectivity index (χ4v) is 3.24. The van der Waals surface area contributed by atoms with Gasteiger partial charge in [-0.15, -0.1) is 0 Å². The third kappa shape index (κ3) is 5.94. The fourth-order valence-electron chi connectivity index (χ4n) is 3.24. The van der Waals surface area contributed by atoms with E-state index in [1.165, 1.54) is 6.07 Å². The summed E-state index contributed by atoms with van der Waals surface area (Å²) in [5.74, 6) is -0.893. The van der Waals surface area contributed by atoms with Gasteiger partial charge in [0.05, 0.1) is 26.4 Å². The van der Waals surface area contributed by atoms with Crippen LogP contribution in [0.3, 0.4) is 0 Å². The number of halogens is 3. The zero-order valence-corrected chi connectivity index (χ0v) is 15.7. The van der Waals surface area contributed by atoms with E-state index in [4.69, 9.17) is 18.9 Å². The molecule has 2 aliphatic rings. The molecule has 0 aliphatic carbocycles. The van der Waals surface area contributed by atoms with Crippen LogP contribution in [0.2, 0.25) is 0 Å². The number of alkyl halides is 2. The second-order valence-corrected chi connectivity index (χ2v) is 6.89. The predicted molar refractivity (Wildman–Crippen MR) is 94.4 cm³/mol. The first-order valence-corrected chi connectivity index (χ1v) is 9.38. The van der Waals surface area contributed by atoms with E-state index in [9.17, 15) is 13.2 Å². The van der Waals surface area contributed by atoms with Crippen LogP contribution in [0.1, 0.15) is 31.6 Å². The van der Waals surface area contributed by atoms with Crippen molar-refractivity contribution in [3.05, 3.63) is 41.7 Å². The van der Waals surface area contributed by atoms with Gasteiger partial charge < -0.3 is 23.7 Å². The molecule has 0 radical (unpaired) electrons. The summed E-state index contributed by atoms with van der Waals surface area (Å²) in [6.07, 6.45) is 4.70. The van der Waals surface area contributed by atoms with Gasteiger partial charge in [0.2, 0.25) is 0 Å². The molecule has 0 amide bonds. The lowest BCUT2D eigenvalue weighted by Gasteiger charge is -2.32. The maximum atomic E-state index is 13.8. The molecule has 0 atom stereocenters. The topological polar surface area (TPSA) is 46.2 Å². The van der Waals surface area contributed by atoms with Gasteiger partial charge in [-0.3, -0.25) is 0 Å². The van der Waals surface area contributed by atoms with Crippen LogP contribution in [-0.2, 0) is 18.9 Å². The van der Waals surface area contributed by atoms with Gasteiger partial charge in [0, 0.05) is 17.4 Å². The first kappa shape index (κ1) is 21.1. The van der Waals surface area contributed by atoms with Gasteiger partial charge >= 0.3 is 6.61 Å². The monoisotopic (exact) mass is 402 g/mol. The summed E-state index contributed by atoms with van der Waals surface area (Å²) >= 11 is 0. The van der Waals surface area contributed by atoms with E-state index in [1.807, 2.05) is 13.0 Å². The molecular formula is C20H25F3O5. The Morgan fingerprint density at radius 1 is 1.07 bits per heavy atom. The molecule has 0 bridgehead atoms. The maximum Gasteiger partial charge on any atom is 0.387 e. The predicted octanol–water partition coefficient (Wildman–Crippen LogP) is 4.43. The number of hydrogen-bond donors (Lipinski definition) is 0. The lowest BCUT2D eigenvalue weighted by Crippen LogP contribution is -2.33. The van der Waals surface area contributed by atoms with E-state index < -0.39 is 24.5 Å². The second-order valence-electron chi connectivity index (χ2n) is 6.89. The van der Waals surface area contributed by atoms with E-state index >= 15 is 0 Å². The van der Waals surface area contributed by atoms with Crippen LogP contribution in [0.5, 0.6) is 5.75 Å². The van der Waals surface area contributed by atoms with Gasteiger partial charge in [0.1, 0.15) is 0 Å². The molecule has 0 unspecified atom stereocenters. The number of rotatable bonds is 7. The molecule has 156 valence electrons. The molecule has 0 aromatic heterocycles. The molecule has 1 aromatic carbocycles. The lowest BCUT2D eigenvalue weighted by molar-refractivity contribution is -0.217. The van der Waals surface area contributed by atoms with Crippen LogP contribution < -0.4 is 4.74 Å². The van der Waals surface area contributed by atoms with Gasteiger partial charge in [0.15, 0.2) is 24.1 Å². The highest BCUT2D eigenvalue weighted by atomic mass is 19.3. The van der Waals surface area contributed by atoms with Crippen molar-refractivity contribution >= 4 is 0 Å². The Bertz CT molecular complexity index is 639. The number of hydrogen-bond acceptors (Lipinski definition) is 5. The lowest BCUT2D eigenvalue weighted by atomic mass is 10.0. The van der Waals surface area contributed by atoms with Gasteiger partial charge in [-0.05, 0) is 31.9 Å². The van der Waals surface area contributed by atoms with Gasteiger partial charge in [-0.25, -0.2) is 4.39 Å². The zero-order valence-electron chi connectivity index (χ0n) is 15.7. The minimum atomic E-state index is -3.07. The Balaban J connectivity index is 1.40. The highest BCUT2D eigenvalue weighted by molar-refractivity contribution is 5.30. The molecule has 1 aromatic rings. The highest BCUT2D eigenvalue weighted by Crippen LogP contribution is 2.30. The maximum absolute atomic E-state index is 13.8. The molecule has 2 heterocycles. The molecule has 0 spiro atoms. The summed E-state index contributed by atoms with van der Waals surface area (Å²) in [7, 11) is 0. The van der Waals surface area contributed by atoms with E-state index in [-0.39, 0.29) is 12.2 Å². The summed E-state index contributed by atoms with van der Waals surface area (Å²) in [6.45, 7) is 1.12. The number of allylic oxidation sites excluding steroid dienone is 1. The Morgan fingerprint density at radius 3 is 2.39 bits per heavy atom. The van der Waals surface area contributed by atoms with Crippen molar-refractivity contribution in [3.63, 3.8) is 0 Å². The number of benzene rings is 1. The average molecular weight is 402 g/mol. The first-order chi connectivity index (χ1) is 13.5. The Hall–Kier alpha value is -1.61. The van der Waals surface area contributed by atoms with E-state index in [0.717, 1.165) is 25.0 Å². The molecule has 2 aliphatic heterocycles. The third-order valence-corrected chi connectivity index (χ3v) is 4.68. The van der Waals surface area contributed by atoms with Crippen LogP contribution in [-0.4, -0.2) is 39.3 Å². The molecule has 3 rings (SSSR count). The molecular weight excluding hydrogens is 377 g/mol. The van der Waals surface area contributed by atoms with Crippen molar-refractivity contribution in [2.75, 3.05) is 26.4 Å². The zero-order chi connectivity index (χ0) is 19.9. The third-order valence-electron chi connectivity index (χ3n) is 4.68. The standard InChI is InChI=1S/C20H25F3O5/c1-2-3-13-9-24-18(25-10-13)7-4-14-11-26-19(27-12-14)15-5-6-17(16(21)8-15)28-20(22)23/h2-3,5-6,8,13-14,18-20H,4,7,9-12H2,1H3/b3-2+/t13-,14-,18-,19-. The molecule has 2 saturated heterocycles. The Kier molecular flexibility index (Phi) is 7.73. The van der Waals surface area contributed by atoms with Crippen molar-refractivity contribution in [1.29, 1.82) is 0 Å². The fraction of sp³-hybridized carbons (Fsp3) is 0.600. The minimum absolute atomic E-state index is 0.183. The SMILES string of the molecule is C/C=C/[C@H]1CO[C@H](CC[C@H]2CO[C@H](c3ccc(OC(F)F)c(F)c3)OC2)OC1. The number of ether oxygens (including phenoxy) is 5. The summed E-state index contributed by atoms with van der Waals surface area (Å²) in [5, 5.41) is 0. The summed E-state index contributed by atoms with van der Waals surface area (Å²) < 4.78 is 65.1. The van der Waals surface area contributed by atoms with Crippen molar-refractivity contribution < 1.29 is 36.9 Å². The minimum Gasteiger partial charge on any atom is -0.432 e. The molecule has 5 nitrogen and oxygen atoms in total. The highest BCUT2D eigenvalue weighted by Gasteiger charge is 2.27. The quantitative estimate of drug-likeness (QED) is 0.632. The average Bonchev–Trinajstić information content (AvgIpc) is 2.69. The molecule has 2 fully saturated rings. The van der Waals surface area contributed by atoms with E-state index in [2.05, 4.69) is 10.8 Å². The van der Waals surface area contributed by atoms with Crippen molar-refractivity contribution in [1.82, 2.24) is 0 Å². The van der Waals surface area contributed by atoms with Crippen molar-refractivity contribution in [3.8, 4) is 5.75 Å². The molecule has 8 heteroatoms. The van der Waals surface area contributed by atoms with Crippen LogP contribution in [0.4, 0.5) is 13.2 Å². The normalized spacial score (nSPS) is 28.8. The summed E-state index contributed by atoms with van der Waals surface area (Å²) in [4.78, 5) is 0.